The van der Waals surface area contributed by atoms with Crippen LogP contribution in [0.3, 0.4) is 0 Å². The van der Waals surface area contributed by atoms with Crippen LogP contribution in [0.5, 0.6) is 0 Å². The summed E-state index contributed by atoms with van der Waals surface area (Å²) in [5, 5.41) is 6.14. The fraction of sp³-hybridized carbons (Fsp3) is 0.476. The second kappa shape index (κ2) is 9.39. The van der Waals surface area contributed by atoms with E-state index in [9.17, 15) is 4.79 Å². The number of carbonyl (C=O) groups is 1. The predicted molar refractivity (Wildman–Crippen MR) is 112 cm³/mol. The average molecular weight is 386 g/mol. The van der Waals surface area contributed by atoms with Crippen molar-refractivity contribution in [2.24, 2.45) is 4.99 Å². The van der Waals surface area contributed by atoms with Gasteiger partial charge in [0.25, 0.3) is 0 Å². The maximum Gasteiger partial charge on any atom is 0.240 e. The average Bonchev–Trinajstić information content (AvgIpc) is 3.06. The Kier molecular flexibility index (Phi) is 7.20. The molecule has 0 saturated heterocycles. The largest absolute Gasteiger partial charge is 0.439 e. The number of aromatic nitrogens is 1. The zero-order valence-electron chi connectivity index (χ0n) is 17.7. The number of nitrogens with zero attached hydrogens (tertiary/aromatic N) is 3. The van der Waals surface area contributed by atoms with E-state index in [1.807, 2.05) is 65.9 Å². The zero-order chi connectivity index (χ0) is 20.7. The summed E-state index contributed by atoms with van der Waals surface area (Å²) >= 11 is 0. The van der Waals surface area contributed by atoms with Crippen LogP contribution in [0.2, 0.25) is 0 Å². The molecule has 0 saturated carbocycles. The first-order chi connectivity index (χ1) is 13.2. The van der Waals surface area contributed by atoms with Crippen LogP contribution < -0.4 is 10.6 Å². The van der Waals surface area contributed by atoms with E-state index < -0.39 is 0 Å². The van der Waals surface area contributed by atoms with Crippen LogP contribution in [0.15, 0.2) is 39.9 Å². The quantitative estimate of drug-likeness (QED) is 0.590. The Bertz CT molecular complexity index is 803. The summed E-state index contributed by atoms with van der Waals surface area (Å²) in [7, 11) is 1.83. The van der Waals surface area contributed by atoms with Gasteiger partial charge in [-0.3, -0.25) is 4.79 Å². The summed E-state index contributed by atoms with van der Waals surface area (Å²) in [6, 6.07) is 8.09. The first-order valence-electron chi connectivity index (χ1n) is 9.50. The molecule has 0 atom stereocenters. The Morgan fingerprint density at radius 3 is 2.54 bits per heavy atom. The number of benzene rings is 1. The molecule has 0 aliphatic heterocycles. The van der Waals surface area contributed by atoms with Gasteiger partial charge in [0.15, 0.2) is 11.7 Å². The number of rotatable bonds is 6. The highest BCUT2D eigenvalue weighted by Gasteiger charge is 2.17. The molecule has 0 bridgehead atoms. The first-order valence-corrected chi connectivity index (χ1v) is 9.50. The highest BCUT2D eigenvalue weighted by molar-refractivity contribution is 5.86. The van der Waals surface area contributed by atoms with Crippen LogP contribution in [0.25, 0.3) is 11.3 Å². The molecule has 0 unspecified atom stereocenters. The SMILES string of the molecule is CCNC(=NCc1ncc(-c2ccc(C)cc2)o1)N(C)CC(=O)NC(C)(C)C. The van der Waals surface area contributed by atoms with Crippen molar-refractivity contribution in [1.82, 2.24) is 20.5 Å². The molecule has 2 N–H and O–H groups in total. The molecule has 1 heterocycles. The lowest BCUT2D eigenvalue weighted by atomic mass is 10.1. The highest BCUT2D eigenvalue weighted by atomic mass is 16.4. The molecule has 7 nitrogen and oxygen atoms in total. The number of nitrogens with one attached hydrogen (secondary N) is 2. The lowest BCUT2D eigenvalue weighted by molar-refractivity contribution is -0.122. The molecule has 0 aliphatic rings. The van der Waals surface area contributed by atoms with Gasteiger partial charge < -0.3 is 20.0 Å². The number of oxazole rings is 1. The zero-order valence-corrected chi connectivity index (χ0v) is 17.7. The topological polar surface area (TPSA) is 82.8 Å². The predicted octanol–water partition coefficient (Wildman–Crippen LogP) is 2.96. The third-order valence-corrected chi connectivity index (χ3v) is 3.85. The molecule has 2 rings (SSSR count). The Morgan fingerprint density at radius 2 is 1.93 bits per heavy atom. The van der Waals surface area contributed by atoms with E-state index in [4.69, 9.17) is 4.42 Å². The van der Waals surface area contributed by atoms with E-state index in [1.54, 1.807) is 11.1 Å². The number of guanidine groups is 1. The Hall–Kier alpha value is -2.83. The van der Waals surface area contributed by atoms with E-state index in [2.05, 4.69) is 20.6 Å². The maximum absolute atomic E-state index is 12.2. The third-order valence-electron chi connectivity index (χ3n) is 3.85. The number of aliphatic imine (C=N–C) groups is 1. The molecule has 1 amide bonds. The first kappa shape index (κ1) is 21.5. The summed E-state index contributed by atoms with van der Waals surface area (Å²) in [5.74, 6) is 1.81. The second-order valence-electron chi connectivity index (χ2n) is 7.81. The van der Waals surface area contributed by atoms with Crippen molar-refractivity contribution in [3.05, 3.63) is 41.9 Å². The molecule has 2 aromatic rings. The van der Waals surface area contributed by atoms with Crippen molar-refractivity contribution in [1.29, 1.82) is 0 Å². The minimum atomic E-state index is -0.266. The van der Waals surface area contributed by atoms with E-state index in [0.717, 1.165) is 5.56 Å². The fourth-order valence-electron chi connectivity index (χ4n) is 2.59. The van der Waals surface area contributed by atoms with Crippen LogP contribution in [0.1, 0.15) is 39.1 Å². The van der Waals surface area contributed by atoms with Crippen molar-refractivity contribution in [2.45, 2.75) is 46.7 Å². The Labute approximate surface area is 167 Å². The van der Waals surface area contributed by atoms with Gasteiger partial charge in [-0.2, -0.15) is 0 Å². The van der Waals surface area contributed by atoms with Gasteiger partial charge in [-0.05, 0) is 34.6 Å². The lowest BCUT2D eigenvalue weighted by Gasteiger charge is -2.25. The van der Waals surface area contributed by atoms with Crippen molar-refractivity contribution in [2.75, 3.05) is 20.1 Å². The van der Waals surface area contributed by atoms with Gasteiger partial charge >= 0.3 is 0 Å². The smallest absolute Gasteiger partial charge is 0.240 e. The summed E-state index contributed by atoms with van der Waals surface area (Å²) in [4.78, 5) is 22.8. The van der Waals surface area contributed by atoms with Gasteiger partial charge in [0, 0.05) is 24.7 Å². The number of carbonyl (C=O) groups excluding carboxylic acids is 1. The van der Waals surface area contributed by atoms with Crippen LogP contribution in [-0.2, 0) is 11.3 Å². The molecule has 0 fully saturated rings. The van der Waals surface area contributed by atoms with E-state index in [0.29, 0.717) is 30.7 Å². The van der Waals surface area contributed by atoms with Crippen molar-refractivity contribution < 1.29 is 9.21 Å². The highest BCUT2D eigenvalue weighted by Crippen LogP contribution is 2.21. The monoisotopic (exact) mass is 385 g/mol. The third kappa shape index (κ3) is 6.72. The standard InChI is InChI=1S/C21H31N5O2/c1-7-22-20(26(6)14-18(27)25-21(3,4)5)24-13-19-23-12-17(28-19)16-10-8-15(2)9-11-16/h8-12H,7,13-14H2,1-6H3,(H,22,24)(H,25,27). The van der Waals surface area contributed by atoms with E-state index in [-0.39, 0.29) is 18.0 Å². The number of hydrogen-bond donors (Lipinski definition) is 2. The molecule has 1 aromatic carbocycles. The number of likely N-dealkylation sites (N-methyl/N-ethyl adjacent to an activating group) is 1. The number of aryl methyl sites for hydroxylation is 1. The normalized spacial score (nSPS) is 12.0. The van der Waals surface area contributed by atoms with Crippen molar-refractivity contribution in [3.8, 4) is 11.3 Å². The van der Waals surface area contributed by atoms with Gasteiger partial charge in [-0.1, -0.05) is 29.8 Å². The molecule has 0 spiro atoms. The second-order valence-corrected chi connectivity index (χ2v) is 7.81. The fourth-order valence-corrected chi connectivity index (χ4v) is 2.59. The molecular weight excluding hydrogens is 354 g/mol. The van der Waals surface area contributed by atoms with E-state index >= 15 is 0 Å². The summed E-state index contributed by atoms with van der Waals surface area (Å²) in [6.45, 7) is 11.1. The van der Waals surface area contributed by atoms with Crippen LogP contribution in [0.4, 0.5) is 0 Å². The Morgan fingerprint density at radius 1 is 1.25 bits per heavy atom. The summed E-state index contributed by atoms with van der Waals surface area (Å²) < 4.78 is 5.82. The van der Waals surface area contributed by atoms with Crippen LogP contribution in [-0.4, -0.2) is 47.4 Å². The summed E-state index contributed by atoms with van der Waals surface area (Å²) in [6.07, 6.45) is 1.71. The van der Waals surface area contributed by atoms with Gasteiger partial charge in [0.2, 0.25) is 11.8 Å². The van der Waals surface area contributed by atoms with Gasteiger partial charge in [-0.15, -0.1) is 0 Å². The van der Waals surface area contributed by atoms with Crippen LogP contribution in [0, 0.1) is 6.92 Å². The minimum Gasteiger partial charge on any atom is -0.439 e. The molecule has 0 radical (unpaired) electrons. The van der Waals surface area contributed by atoms with Crippen molar-refractivity contribution in [3.63, 3.8) is 0 Å². The lowest BCUT2D eigenvalue weighted by Crippen LogP contribution is -2.48. The minimum absolute atomic E-state index is 0.0571. The summed E-state index contributed by atoms with van der Waals surface area (Å²) in [5.41, 5.74) is 1.91. The molecule has 1 aromatic heterocycles. The molecule has 28 heavy (non-hydrogen) atoms. The molecule has 7 heteroatoms. The molecule has 152 valence electrons. The molecular formula is C21H31N5O2. The number of hydrogen-bond acceptors (Lipinski definition) is 4. The van der Waals surface area contributed by atoms with Crippen molar-refractivity contribution >= 4 is 11.9 Å². The number of amides is 1. The van der Waals surface area contributed by atoms with Gasteiger partial charge in [-0.25, -0.2) is 9.98 Å². The maximum atomic E-state index is 12.2. The van der Waals surface area contributed by atoms with Crippen LogP contribution >= 0.6 is 0 Å². The molecule has 0 aliphatic carbocycles. The van der Waals surface area contributed by atoms with Gasteiger partial charge in [0.05, 0.1) is 12.7 Å². The van der Waals surface area contributed by atoms with Gasteiger partial charge in [0.1, 0.15) is 6.54 Å². The Balaban J connectivity index is 2.04. The van der Waals surface area contributed by atoms with E-state index in [1.165, 1.54) is 5.56 Å².